The van der Waals surface area contributed by atoms with E-state index < -0.39 is 47.6 Å². The summed E-state index contributed by atoms with van der Waals surface area (Å²) >= 11 is 0. The number of carbonyl (C=O) groups excluding carboxylic acids is 2. The van der Waals surface area contributed by atoms with E-state index in [2.05, 4.69) is 0 Å². The minimum absolute atomic E-state index is 0.373. The Kier molecular flexibility index (Phi) is 3.65. The van der Waals surface area contributed by atoms with Gasteiger partial charge in [-0.3, -0.25) is 9.59 Å². The SMILES string of the molecule is CC(=O)O[C@H]1C=C(C)C2=C[C@@H](O)[C@@](C)(O)C2[C@H]2OC(=O)C(C)C21. The number of rotatable bonds is 1. The Bertz CT molecular complexity index is 617. The summed E-state index contributed by atoms with van der Waals surface area (Å²) in [5, 5.41) is 20.9. The second-order valence-electron chi connectivity index (χ2n) is 6.96. The van der Waals surface area contributed by atoms with E-state index in [9.17, 15) is 19.8 Å². The molecule has 0 aromatic heterocycles. The maximum absolute atomic E-state index is 12.1. The molecular formula is C17H22O6. The van der Waals surface area contributed by atoms with E-state index in [1.165, 1.54) is 6.92 Å². The third-order valence-corrected chi connectivity index (χ3v) is 5.36. The molecule has 6 nitrogen and oxygen atoms in total. The third kappa shape index (κ3) is 2.32. The molecule has 0 radical (unpaired) electrons. The molecule has 1 saturated heterocycles. The largest absolute Gasteiger partial charge is 0.461 e. The summed E-state index contributed by atoms with van der Waals surface area (Å²) in [6.45, 7) is 6.45. The van der Waals surface area contributed by atoms with Crippen molar-refractivity contribution >= 4 is 11.9 Å². The van der Waals surface area contributed by atoms with Crippen LogP contribution in [0, 0.1) is 17.8 Å². The summed E-state index contributed by atoms with van der Waals surface area (Å²) in [6, 6.07) is 0. The normalized spacial score (nSPS) is 45.4. The van der Waals surface area contributed by atoms with Gasteiger partial charge in [-0.1, -0.05) is 6.92 Å². The van der Waals surface area contributed by atoms with Crippen LogP contribution in [-0.4, -0.2) is 46.1 Å². The lowest BCUT2D eigenvalue weighted by molar-refractivity contribution is -0.153. The van der Waals surface area contributed by atoms with E-state index in [1.54, 1.807) is 26.0 Å². The summed E-state index contributed by atoms with van der Waals surface area (Å²) in [7, 11) is 0. The van der Waals surface area contributed by atoms with Crippen molar-refractivity contribution in [2.75, 3.05) is 0 Å². The molecule has 1 aliphatic heterocycles. The van der Waals surface area contributed by atoms with Crippen molar-refractivity contribution in [1.82, 2.24) is 0 Å². The standard InChI is InChI=1S/C17H22O6/c1-7-5-11(22-9(3)18)13-8(2)16(20)23-15(13)14-10(7)6-12(19)17(14,4)21/h5-6,8,11-15,19,21H,1-4H3/t8?,11-,12+,13?,14?,15-,17+/m0/s1. The first kappa shape index (κ1) is 16.2. The van der Waals surface area contributed by atoms with Gasteiger partial charge >= 0.3 is 11.9 Å². The quantitative estimate of drug-likeness (QED) is 0.691. The van der Waals surface area contributed by atoms with Crippen LogP contribution in [-0.2, 0) is 19.1 Å². The predicted octanol–water partition coefficient (Wildman–Crippen LogP) is 0.724. The molecule has 0 spiro atoms. The Balaban J connectivity index is 2.12. The molecule has 2 aliphatic carbocycles. The van der Waals surface area contributed by atoms with Crippen LogP contribution in [0.5, 0.6) is 0 Å². The average molecular weight is 322 g/mol. The number of ether oxygens (including phenoxy) is 2. The Morgan fingerprint density at radius 1 is 1.39 bits per heavy atom. The van der Waals surface area contributed by atoms with Crippen LogP contribution >= 0.6 is 0 Å². The first-order valence-corrected chi connectivity index (χ1v) is 7.83. The van der Waals surface area contributed by atoms with Crippen LogP contribution < -0.4 is 0 Å². The van der Waals surface area contributed by atoms with Gasteiger partial charge in [0.05, 0.1) is 17.8 Å². The molecule has 3 unspecified atom stereocenters. The van der Waals surface area contributed by atoms with E-state index in [1.807, 2.05) is 6.92 Å². The number of carbonyl (C=O) groups is 2. The van der Waals surface area contributed by atoms with Gasteiger partial charge in [0.2, 0.25) is 0 Å². The highest BCUT2D eigenvalue weighted by Gasteiger charge is 2.60. The van der Waals surface area contributed by atoms with Crippen molar-refractivity contribution in [3.63, 3.8) is 0 Å². The van der Waals surface area contributed by atoms with Gasteiger partial charge in [0, 0.05) is 6.92 Å². The van der Waals surface area contributed by atoms with Gasteiger partial charge in [0.15, 0.2) is 0 Å². The van der Waals surface area contributed by atoms with Crippen LogP contribution in [0.25, 0.3) is 0 Å². The van der Waals surface area contributed by atoms with Gasteiger partial charge in [0.1, 0.15) is 23.9 Å². The molecule has 0 saturated carbocycles. The van der Waals surface area contributed by atoms with E-state index in [0.29, 0.717) is 0 Å². The smallest absolute Gasteiger partial charge is 0.309 e. The molecule has 7 atom stereocenters. The number of allylic oxidation sites excluding steroid dienone is 1. The molecule has 0 bridgehead atoms. The molecule has 3 aliphatic rings. The number of esters is 2. The number of fused-ring (bicyclic) bond motifs is 3. The zero-order valence-corrected chi connectivity index (χ0v) is 13.6. The fourth-order valence-corrected chi connectivity index (χ4v) is 4.11. The lowest BCUT2D eigenvalue weighted by atomic mass is 9.75. The van der Waals surface area contributed by atoms with Crippen molar-refractivity contribution in [2.45, 2.75) is 51.6 Å². The zero-order valence-electron chi connectivity index (χ0n) is 13.6. The molecule has 3 rings (SSSR count). The minimum atomic E-state index is -1.44. The van der Waals surface area contributed by atoms with Crippen molar-refractivity contribution in [3.8, 4) is 0 Å². The van der Waals surface area contributed by atoms with Gasteiger partial charge in [0.25, 0.3) is 0 Å². The first-order chi connectivity index (χ1) is 10.6. The van der Waals surface area contributed by atoms with Crippen molar-refractivity contribution in [1.29, 1.82) is 0 Å². The van der Waals surface area contributed by atoms with Crippen molar-refractivity contribution < 1.29 is 29.3 Å². The third-order valence-electron chi connectivity index (χ3n) is 5.36. The Morgan fingerprint density at radius 2 is 2.04 bits per heavy atom. The molecule has 6 heteroatoms. The molecule has 1 fully saturated rings. The first-order valence-electron chi connectivity index (χ1n) is 7.83. The summed E-state index contributed by atoms with van der Waals surface area (Å²) in [6.07, 6.45) is 1.11. The van der Waals surface area contributed by atoms with Gasteiger partial charge in [-0.25, -0.2) is 0 Å². The second kappa shape index (κ2) is 5.18. The molecule has 0 amide bonds. The fraction of sp³-hybridized carbons (Fsp3) is 0.647. The summed E-state index contributed by atoms with van der Waals surface area (Å²) in [5.41, 5.74) is 0.118. The molecule has 1 heterocycles. The van der Waals surface area contributed by atoms with Crippen molar-refractivity contribution in [3.05, 3.63) is 23.3 Å². The Labute approximate surface area is 134 Å². The average Bonchev–Trinajstić information content (AvgIpc) is 2.79. The van der Waals surface area contributed by atoms with Gasteiger partial charge in [-0.2, -0.15) is 0 Å². The van der Waals surface area contributed by atoms with E-state index in [0.717, 1.165) is 11.1 Å². The van der Waals surface area contributed by atoms with Crippen LogP contribution in [0.2, 0.25) is 0 Å². The van der Waals surface area contributed by atoms with Crippen molar-refractivity contribution in [2.24, 2.45) is 17.8 Å². The lowest BCUT2D eigenvalue weighted by Gasteiger charge is -2.36. The monoisotopic (exact) mass is 322 g/mol. The Hall–Kier alpha value is -1.66. The minimum Gasteiger partial charge on any atom is -0.461 e. The molecule has 2 N–H and O–H groups in total. The summed E-state index contributed by atoms with van der Waals surface area (Å²) in [4.78, 5) is 23.6. The fourth-order valence-electron chi connectivity index (χ4n) is 4.11. The van der Waals surface area contributed by atoms with Crippen LogP contribution in [0.15, 0.2) is 23.3 Å². The highest BCUT2D eigenvalue weighted by atomic mass is 16.6. The van der Waals surface area contributed by atoms with Gasteiger partial charge in [-0.15, -0.1) is 0 Å². The molecule has 23 heavy (non-hydrogen) atoms. The second-order valence-corrected chi connectivity index (χ2v) is 6.96. The van der Waals surface area contributed by atoms with E-state index in [4.69, 9.17) is 9.47 Å². The van der Waals surface area contributed by atoms with Crippen LogP contribution in [0.1, 0.15) is 27.7 Å². The van der Waals surface area contributed by atoms with Crippen LogP contribution in [0.3, 0.4) is 0 Å². The molecular weight excluding hydrogens is 300 g/mol. The van der Waals surface area contributed by atoms with Gasteiger partial charge in [-0.05, 0) is 37.1 Å². The Morgan fingerprint density at radius 3 is 2.65 bits per heavy atom. The number of hydrogen-bond acceptors (Lipinski definition) is 6. The van der Waals surface area contributed by atoms with Gasteiger partial charge < -0.3 is 19.7 Å². The maximum Gasteiger partial charge on any atom is 0.309 e. The van der Waals surface area contributed by atoms with E-state index in [-0.39, 0.29) is 5.97 Å². The van der Waals surface area contributed by atoms with E-state index >= 15 is 0 Å². The molecule has 0 aromatic rings. The summed E-state index contributed by atoms with van der Waals surface area (Å²) < 4.78 is 11.0. The topological polar surface area (TPSA) is 93.1 Å². The number of hydrogen-bond donors (Lipinski definition) is 2. The van der Waals surface area contributed by atoms with Crippen LogP contribution in [0.4, 0.5) is 0 Å². The number of aliphatic hydroxyl groups excluding tert-OH is 1. The lowest BCUT2D eigenvalue weighted by Crippen LogP contribution is -2.49. The molecule has 126 valence electrons. The zero-order chi connectivity index (χ0) is 17.1. The number of aliphatic hydroxyl groups is 2. The maximum atomic E-state index is 12.1. The molecule has 0 aromatic carbocycles. The predicted molar refractivity (Wildman–Crippen MR) is 80.0 cm³/mol. The highest BCUT2D eigenvalue weighted by Crippen LogP contribution is 2.50. The summed E-state index contributed by atoms with van der Waals surface area (Å²) in [5.74, 6) is -2.21. The highest BCUT2D eigenvalue weighted by molar-refractivity contribution is 5.76.